The molecule has 14 heavy (non-hydrogen) atoms. The largest absolute Gasteiger partial charge is 0.409 e. The standard InChI is InChI=1S/C9H19N3O2/c10-8(12-14)3-1-6-11-9(7-13)4-2-5-9/h11,13-14H,1-7H2,(H2,10,12). The number of rotatable bonds is 6. The van der Waals surface area contributed by atoms with Gasteiger partial charge in [0.25, 0.3) is 0 Å². The van der Waals surface area contributed by atoms with E-state index in [-0.39, 0.29) is 18.0 Å². The molecule has 5 nitrogen and oxygen atoms in total. The normalized spacial score (nSPS) is 20.5. The maximum Gasteiger partial charge on any atom is 0.139 e. The molecular weight excluding hydrogens is 182 g/mol. The van der Waals surface area contributed by atoms with E-state index < -0.39 is 0 Å². The lowest BCUT2D eigenvalue weighted by molar-refractivity contribution is 0.0890. The molecule has 0 aliphatic heterocycles. The van der Waals surface area contributed by atoms with Crippen LogP contribution in [0, 0.1) is 0 Å². The summed E-state index contributed by atoms with van der Waals surface area (Å²) in [6.07, 6.45) is 4.70. The van der Waals surface area contributed by atoms with Gasteiger partial charge in [0, 0.05) is 12.0 Å². The van der Waals surface area contributed by atoms with Crippen LogP contribution in [0.2, 0.25) is 0 Å². The maximum atomic E-state index is 9.14. The van der Waals surface area contributed by atoms with Crippen LogP contribution in [-0.4, -0.2) is 34.8 Å². The van der Waals surface area contributed by atoms with Crippen LogP contribution in [0.15, 0.2) is 5.16 Å². The van der Waals surface area contributed by atoms with Crippen molar-refractivity contribution in [3.8, 4) is 0 Å². The van der Waals surface area contributed by atoms with Gasteiger partial charge in [-0.2, -0.15) is 0 Å². The van der Waals surface area contributed by atoms with Crippen molar-refractivity contribution in [2.45, 2.75) is 37.6 Å². The first kappa shape index (κ1) is 11.3. The van der Waals surface area contributed by atoms with Crippen LogP contribution < -0.4 is 11.1 Å². The Bertz CT molecular complexity index is 197. The van der Waals surface area contributed by atoms with Gasteiger partial charge in [0.15, 0.2) is 0 Å². The van der Waals surface area contributed by atoms with Gasteiger partial charge in [0.05, 0.1) is 6.61 Å². The Morgan fingerprint density at radius 3 is 2.64 bits per heavy atom. The molecule has 0 heterocycles. The molecule has 0 amide bonds. The molecule has 5 N–H and O–H groups in total. The molecule has 0 radical (unpaired) electrons. The summed E-state index contributed by atoms with van der Waals surface area (Å²) < 4.78 is 0. The van der Waals surface area contributed by atoms with Crippen LogP contribution in [0.4, 0.5) is 0 Å². The second-order valence-corrected chi connectivity index (χ2v) is 3.91. The highest BCUT2D eigenvalue weighted by Gasteiger charge is 2.35. The number of nitrogens with one attached hydrogen (secondary N) is 1. The van der Waals surface area contributed by atoms with Gasteiger partial charge in [0.2, 0.25) is 0 Å². The highest BCUT2D eigenvalue weighted by atomic mass is 16.4. The van der Waals surface area contributed by atoms with Crippen LogP contribution in [-0.2, 0) is 0 Å². The fourth-order valence-electron chi connectivity index (χ4n) is 1.67. The second kappa shape index (κ2) is 5.17. The predicted octanol–water partition coefficient (Wildman–Crippen LogP) is 0.0176. The highest BCUT2D eigenvalue weighted by Crippen LogP contribution is 2.30. The van der Waals surface area contributed by atoms with E-state index in [2.05, 4.69) is 10.5 Å². The molecule has 1 rings (SSSR count). The first-order chi connectivity index (χ1) is 6.72. The Labute approximate surface area is 84.0 Å². The van der Waals surface area contributed by atoms with Crippen molar-refractivity contribution in [3.05, 3.63) is 0 Å². The van der Waals surface area contributed by atoms with E-state index >= 15 is 0 Å². The monoisotopic (exact) mass is 201 g/mol. The topological polar surface area (TPSA) is 90.9 Å². The summed E-state index contributed by atoms with van der Waals surface area (Å²) in [5.41, 5.74) is 5.29. The fraction of sp³-hybridized carbons (Fsp3) is 0.889. The van der Waals surface area contributed by atoms with Crippen molar-refractivity contribution in [1.82, 2.24) is 5.32 Å². The number of nitrogens with two attached hydrogens (primary N) is 1. The first-order valence-corrected chi connectivity index (χ1v) is 5.05. The van der Waals surface area contributed by atoms with Crippen molar-refractivity contribution >= 4 is 5.84 Å². The van der Waals surface area contributed by atoms with Crippen LogP contribution in [0.3, 0.4) is 0 Å². The van der Waals surface area contributed by atoms with Gasteiger partial charge >= 0.3 is 0 Å². The lowest BCUT2D eigenvalue weighted by atomic mass is 9.77. The summed E-state index contributed by atoms with van der Waals surface area (Å²) in [6.45, 7) is 1.01. The van der Waals surface area contributed by atoms with Crippen molar-refractivity contribution in [2.75, 3.05) is 13.2 Å². The maximum absolute atomic E-state index is 9.14. The SMILES string of the molecule is NC(CCCNC1(CO)CCC1)=NO. The van der Waals surface area contributed by atoms with Crippen LogP contribution >= 0.6 is 0 Å². The molecule has 1 aliphatic carbocycles. The Hall–Kier alpha value is -0.810. The molecule has 82 valence electrons. The predicted molar refractivity (Wildman–Crippen MR) is 54.3 cm³/mol. The zero-order valence-electron chi connectivity index (χ0n) is 8.37. The van der Waals surface area contributed by atoms with E-state index in [1.807, 2.05) is 0 Å². The van der Waals surface area contributed by atoms with E-state index in [1.54, 1.807) is 0 Å². The molecule has 0 bridgehead atoms. The van der Waals surface area contributed by atoms with E-state index in [9.17, 15) is 0 Å². The van der Waals surface area contributed by atoms with Crippen molar-refractivity contribution in [3.63, 3.8) is 0 Å². The molecular formula is C9H19N3O2. The zero-order chi connectivity index (χ0) is 10.4. The smallest absolute Gasteiger partial charge is 0.139 e. The summed E-state index contributed by atoms with van der Waals surface area (Å²) in [5.74, 6) is 0.262. The molecule has 0 aromatic rings. The Morgan fingerprint density at radius 1 is 1.50 bits per heavy atom. The van der Waals surface area contributed by atoms with Gasteiger partial charge in [-0.15, -0.1) is 0 Å². The van der Waals surface area contributed by atoms with Gasteiger partial charge < -0.3 is 21.4 Å². The molecule has 0 aromatic carbocycles. The van der Waals surface area contributed by atoms with E-state index in [0.29, 0.717) is 6.42 Å². The summed E-state index contributed by atoms with van der Waals surface area (Å²) in [4.78, 5) is 0. The molecule has 1 fully saturated rings. The lowest BCUT2D eigenvalue weighted by Crippen LogP contribution is -2.54. The number of hydrogen-bond acceptors (Lipinski definition) is 4. The Morgan fingerprint density at radius 2 is 2.21 bits per heavy atom. The molecule has 1 aliphatic rings. The third kappa shape index (κ3) is 2.85. The number of amidine groups is 1. The third-order valence-electron chi connectivity index (χ3n) is 2.85. The van der Waals surface area contributed by atoms with E-state index in [4.69, 9.17) is 16.0 Å². The van der Waals surface area contributed by atoms with Crippen molar-refractivity contribution in [1.29, 1.82) is 0 Å². The molecule has 0 unspecified atom stereocenters. The average Bonchev–Trinajstić information content (AvgIpc) is 2.15. The summed E-state index contributed by atoms with van der Waals surface area (Å²) in [5, 5.41) is 23.7. The molecule has 1 saturated carbocycles. The van der Waals surface area contributed by atoms with Gasteiger partial charge in [0.1, 0.15) is 5.84 Å². The minimum absolute atomic E-state index is 0.0366. The summed E-state index contributed by atoms with van der Waals surface area (Å²) >= 11 is 0. The summed E-state index contributed by atoms with van der Waals surface area (Å²) in [6, 6.07) is 0. The quantitative estimate of drug-likeness (QED) is 0.160. The first-order valence-electron chi connectivity index (χ1n) is 5.05. The Kier molecular flexibility index (Phi) is 4.16. The fourth-order valence-corrected chi connectivity index (χ4v) is 1.67. The number of aliphatic hydroxyl groups is 1. The second-order valence-electron chi connectivity index (χ2n) is 3.91. The molecule has 0 saturated heterocycles. The van der Waals surface area contributed by atoms with Crippen LogP contribution in [0.1, 0.15) is 32.1 Å². The number of hydrogen-bond donors (Lipinski definition) is 4. The molecule has 5 heteroatoms. The Balaban J connectivity index is 2.08. The van der Waals surface area contributed by atoms with Crippen molar-refractivity contribution in [2.24, 2.45) is 10.9 Å². The average molecular weight is 201 g/mol. The van der Waals surface area contributed by atoms with E-state index in [1.165, 1.54) is 6.42 Å². The van der Waals surface area contributed by atoms with Gasteiger partial charge in [-0.25, -0.2) is 0 Å². The van der Waals surface area contributed by atoms with Gasteiger partial charge in [-0.1, -0.05) is 5.16 Å². The highest BCUT2D eigenvalue weighted by molar-refractivity contribution is 5.79. The van der Waals surface area contributed by atoms with Crippen LogP contribution in [0.5, 0.6) is 0 Å². The van der Waals surface area contributed by atoms with Crippen molar-refractivity contribution < 1.29 is 10.3 Å². The minimum Gasteiger partial charge on any atom is -0.409 e. The molecule has 0 atom stereocenters. The third-order valence-corrected chi connectivity index (χ3v) is 2.85. The zero-order valence-corrected chi connectivity index (χ0v) is 8.37. The van der Waals surface area contributed by atoms with Gasteiger partial charge in [-0.3, -0.25) is 0 Å². The van der Waals surface area contributed by atoms with Crippen LogP contribution in [0.25, 0.3) is 0 Å². The lowest BCUT2D eigenvalue weighted by Gasteiger charge is -2.41. The molecule has 0 aromatic heterocycles. The summed E-state index contributed by atoms with van der Waals surface area (Å²) in [7, 11) is 0. The van der Waals surface area contributed by atoms with Gasteiger partial charge in [-0.05, 0) is 32.2 Å². The number of oxime groups is 1. The number of aliphatic hydroxyl groups excluding tert-OH is 1. The van der Waals surface area contributed by atoms with E-state index in [0.717, 1.165) is 25.8 Å². The molecule has 0 spiro atoms. The number of nitrogens with zero attached hydrogens (tertiary/aromatic N) is 1. The minimum atomic E-state index is -0.0366.